The summed E-state index contributed by atoms with van der Waals surface area (Å²) in [4.78, 5) is 8.58. The molecule has 0 atom stereocenters. The van der Waals surface area contributed by atoms with Crippen molar-refractivity contribution in [3.05, 3.63) is 41.2 Å². The van der Waals surface area contributed by atoms with Crippen molar-refractivity contribution in [3.8, 4) is 11.6 Å². The van der Waals surface area contributed by atoms with Crippen LogP contribution in [0.25, 0.3) is 0 Å². The van der Waals surface area contributed by atoms with E-state index in [1.54, 1.807) is 18.2 Å². The van der Waals surface area contributed by atoms with Gasteiger partial charge in [-0.1, -0.05) is 17.7 Å². The molecule has 0 spiro atoms. The van der Waals surface area contributed by atoms with Crippen LogP contribution >= 0.6 is 11.6 Å². The molecule has 0 aliphatic heterocycles. The summed E-state index contributed by atoms with van der Waals surface area (Å²) in [5, 5.41) is 0.622. The van der Waals surface area contributed by atoms with Crippen molar-refractivity contribution < 1.29 is 4.74 Å². The van der Waals surface area contributed by atoms with Crippen molar-refractivity contribution in [2.45, 2.75) is 18.8 Å². The van der Waals surface area contributed by atoms with Gasteiger partial charge in [-0.2, -0.15) is 4.98 Å². The van der Waals surface area contributed by atoms with Gasteiger partial charge >= 0.3 is 0 Å². The summed E-state index contributed by atoms with van der Waals surface area (Å²) in [5.41, 5.74) is 5.75. The number of hydrogen-bond donors (Lipinski definition) is 1. The molecular formula is C13H12ClN3O. The molecule has 3 rings (SSSR count). The van der Waals surface area contributed by atoms with Gasteiger partial charge in [0.1, 0.15) is 17.4 Å². The minimum absolute atomic E-state index is 0.434. The van der Waals surface area contributed by atoms with E-state index in [9.17, 15) is 0 Å². The molecule has 18 heavy (non-hydrogen) atoms. The van der Waals surface area contributed by atoms with Crippen molar-refractivity contribution >= 4 is 17.4 Å². The number of hydrogen-bond acceptors (Lipinski definition) is 4. The molecular weight excluding hydrogens is 250 g/mol. The predicted octanol–water partition coefficient (Wildman–Crippen LogP) is 3.38. The summed E-state index contributed by atoms with van der Waals surface area (Å²) >= 11 is 5.90. The third-order valence-corrected chi connectivity index (χ3v) is 2.94. The first-order valence-corrected chi connectivity index (χ1v) is 6.16. The van der Waals surface area contributed by atoms with Gasteiger partial charge in [-0.25, -0.2) is 4.98 Å². The maximum Gasteiger partial charge on any atom is 0.224 e. The average molecular weight is 262 g/mol. The highest BCUT2D eigenvalue weighted by molar-refractivity contribution is 6.30. The predicted molar refractivity (Wildman–Crippen MR) is 69.9 cm³/mol. The van der Waals surface area contributed by atoms with Gasteiger partial charge in [0, 0.05) is 17.0 Å². The van der Waals surface area contributed by atoms with Crippen LogP contribution in [0.3, 0.4) is 0 Å². The lowest BCUT2D eigenvalue weighted by atomic mass is 10.3. The largest absolute Gasteiger partial charge is 0.439 e. The fraction of sp³-hybridized carbons (Fsp3) is 0.231. The summed E-state index contributed by atoms with van der Waals surface area (Å²) < 4.78 is 5.64. The molecule has 92 valence electrons. The third-order valence-electron chi connectivity index (χ3n) is 2.70. The van der Waals surface area contributed by atoms with Gasteiger partial charge in [0.15, 0.2) is 0 Å². The Labute approximate surface area is 110 Å². The van der Waals surface area contributed by atoms with Crippen molar-refractivity contribution in [2.24, 2.45) is 0 Å². The smallest absolute Gasteiger partial charge is 0.224 e. The van der Waals surface area contributed by atoms with Crippen LogP contribution in [-0.2, 0) is 0 Å². The molecule has 4 nitrogen and oxygen atoms in total. The number of nitrogen functional groups attached to an aromatic ring is 1. The van der Waals surface area contributed by atoms with Crippen LogP contribution < -0.4 is 10.5 Å². The Morgan fingerprint density at radius 3 is 2.78 bits per heavy atom. The van der Waals surface area contributed by atoms with Crippen LogP contribution in [0.2, 0.25) is 5.02 Å². The lowest BCUT2D eigenvalue weighted by molar-refractivity contribution is 0.459. The first kappa shape index (κ1) is 11.3. The van der Waals surface area contributed by atoms with Crippen LogP contribution in [0, 0.1) is 0 Å². The second-order valence-electron chi connectivity index (χ2n) is 4.32. The zero-order valence-electron chi connectivity index (χ0n) is 9.64. The number of anilines is 1. The Hall–Kier alpha value is -1.81. The first-order chi connectivity index (χ1) is 8.70. The van der Waals surface area contributed by atoms with Crippen LogP contribution in [0.1, 0.15) is 24.6 Å². The Balaban J connectivity index is 1.87. The highest BCUT2D eigenvalue weighted by Crippen LogP contribution is 2.39. The Kier molecular flexibility index (Phi) is 2.80. The van der Waals surface area contributed by atoms with E-state index in [0.717, 1.165) is 18.7 Å². The standard InChI is InChI=1S/C13H12ClN3O/c14-9-2-1-3-10(6-9)18-12-7-11(15)16-13(17-12)8-4-5-8/h1-3,6-8H,4-5H2,(H2,15,16,17). The van der Waals surface area contributed by atoms with Crippen molar-refractivity contribution in [1.29, 1.82) is 0 Å². The third kappa shape index (κ3) is 2.54. The van der Waals surface area contributed by atoms with Gasteiger partial charge < -0.3 is 10.5 Å². The summed E-state index contributed by atoms with van der Waals surface area (Å²) in [7, 11) is 0. The molecule has 0 saturated heterocycles. The highest BCUT2D eigenvalue weighted by Gasteiger charge is 2.27. The molecule has 2 aromatic rings. The molecule has 1 fully saturated rings. The van der Waals surface area contributed by atoms with Gasteiger partial charge in [-0.05, 0) is 31.0 Å². The minimum Gasteiger partial charge on any atom is -0.439 e. The fourth-order valence-corrected chi connectivity index (χ4v) is 1.87. The quantitative estimate of drug-likeness (QED) is 0.920. The van der Waals surface area contributed by atoms with Crippen molar-refractivity contribution in [3.63, 3.8) is 0 Å². The topological polar surface area (TPSA) is 61.0 Å². The molecule has 1 aromatic heterocycles. The van der Waals surface area contributed by atoms with Gasteiger partial charge in [-0.15, -0.1) is 0 Å². The number of aromatic nitrogens is 2. The number of halogens is 1. The molecule has 1 aliphatic rings. The van der Waals surface area contributed by atoms with E-state index in [1.165, 1.54) is 0 Å². The normalized spacial score (nSPS) is 14.5. The van der Waals surface area contributed by atoms with Crippen LogP contribution in [0.15, 0.2) is 30.3 Å². The van der Waals surface area contributed by atoms with Gasteiger partial charge in [0.2, 0.25) is 5.88 Å². The van der Waals surface area contributed by atoms with E-state index in [-0.39, 0.29) is 0 Å². The van der Waals surface area contributed by atoms with E-state index >= 15 is 0 Å². The Morgan fingerprint density at radius 1 is 1.22 bits per heavy atom. The molecule has 1 aliphatic carbocycles. The van der Waals surface area contributed by atoms with Gasteiger partial charge in [-0.3, -0.25) is 0 Å². The number of nitrogens with zero attached hydrogens (tertiary/aromatic N) is 2. The van der Waals surface area contributed by atoms with Crippen LogP contribution in [0.5, 0.6) is 11.6 Å². The van der Waals surface area contributed by atoms with Crippen LogP contribution in [0.4, 0.5) is 5.82 Å². The summed E-state index contributed by atoms with van der Waals surface area (Å²) in [6, 6.07) is 8.78. The minimum atomic E-state index is 0.434. The second-order valence-corrected chi connectivity index (χ2v) is 4.76. The zero-order chi connectivity index (χ0) is 12.5. The second kappa shape index (κ2) is 4.46. The SMILES string of the molecule is Nc1cc(Oc2cccc(Cl)c2)nc(C2CC2)n1. The maximum absolute atomic E-state index is 5.90. The number of ether oxygens (including phenoxy) is 1. The average Bonchev–Trinajstić information content (AvgIpc) is 3.11. The molecule has 1 saturated carbocycles. The lowest BCUT2D eigenvalue weighted by Gasteiger charge is -2.07. The summed E-state index contributed by atoms with van der Waals surface area (Å²) in [6.45, 7) is 0. The van der Waals surface area contributed by atoms with Crippen molar-refractivity contribution in [2.75, 3.05) is 5.73 Å². The molecule has 2 N–H and O–H groups in total. The lowest BCUT2D eigenvalue weighted by Crippen LogP contribution is -2.00. The van der Waals surface area contributed by atoms with E-state index in [1.807, 2.05) is 12.1 Å². The van der Waals surface area contributed by atoms with E-state index in [4.69, 9.17) is 22.1 Å². The zero-order valence-corrected chi connectivity index (χ0v) is 10.4. The van der Waals surface area contributed by atoms with E-state index < -0.39 is 0 Å². The number of nitrogens with two attached hydrogens (primary N) is 1. The molecule has 0 bridgehead atoms. The number of benzene rings is 1. The maximum atomic E-state index is 5.90. The van der Waals surface area contributed by atoms with Gasteiger partial charge in [0.25, 0.3) is 0 Å². The number of rotatable bonds is 3. The molecule has 5 heteroatoms. The molecule has 0 radical (unpaired) electrons. The first-order valence-electron chi connectivity index (χ1n) is 5.78. The highest BCUT2D eigenvalue weighted by atomic mass is 35.5. The van der Waals surface area contributed by atoms with Crippen molar-refractivity contribution in [1.82, 2.24) is 9.97 Å². The molecule has 1 heterocycles. The molecule has 0 amide bonds. The Morgan fingerprint density at radius 2 is 2.06 bits per heavy atom. The van der Waals surface area contributed by atoms with E-state index in [0.29, 0.717) is 28.4 Å². The summed E-state index contributed by atoms with van der Waals surface area (Å²) in [6.07, 6.45) is 2.25. The van der Waals surface area contributed by atoms with Crippen LogP contribution in [-0.4, -0.2) is 9.97 Å². The monoisotopic (exact) mass is 261 g/mol. The fourth-order valence-electron chi connectivity index (χ4n) is 1.69. The van der Waals surface area contributed by atoms with Gasteiger partial charge in [0.05, 0.1) is 0 Å². The molecule has 1 aromatic carbocycles. The molecule has 0 unspecified atom stereocenters. The summed E-state index contributed by atoms with van der Waals surface area (Å²) in [5.74, 6) is 2.75. The van der Waals surface area contributed by atoms with E-state index in [2.05, 4.69) is 9.97 Å². The Bertz CT molecular complexity index is 584.